The van der Waals surface area contributed by atoms with Crippen molar-refractivity contribution in [2.75, 3.05) is 43.0 Å². The Kier molecular flexibility index (Phi) is 13.2. The summed E-state index contributed by atoms with van der Waals surface area (Å²) in [4.78, 5) is 28.8. The minimum absolute atomic E-state index is 0. The van der Waals surface area contributed by atoms with Crippen molar-refractivity contribution >= 4 is 45.7 Å². The summed E-state index contributed by atoms with van der Waals surface area (Å²) in [6, 6.07) is 13.3. The van der Waals surface area contributed by atoms with Crippen LogP contribution in [0.2, 0.25) is 0 Å². The maximum Gasteiger partial charge on any atom is 0.322 e. The van der Waals surface area contributed by atoms with E-state index >= 15 is 0 Å². The van der Waals surface area contributed by atoms with Gasteiger partial charge in [0.25, 0.3) is 5.91 Å². The van der Waals surface area contributed by atoms with Crippen molar-refractivity contribution in [1.82, 2.24) is 9.80 Å². The van der Waals surface area contributed by atoms with Crippen LogP contribution in [0.4, 0.5) is 25.0 Å². The van der Waals surface area contributed by atoms with Gasteiger partial charge in [-0.25, -0.2) is 22.0 Å². The number of nitrogens with two attached hydrogens (primary N) is 1. The van der Waals surface area contributed by atoms with E-state index in [-0.39, 0.29) is 24.1 Å². The van der Waals surface area contributed by atoms with Crippen LogP contribution >= 0.6 is 12.4 Å². The monoisotopic (exact) mass is 695 g/mol. The molecule has 1 aliphatic heterocycles. The van der Waals surface area contributed by atoms with E-state index in [1.54, 1.807) is 23.1 Å². The lowest BCUT2D eigenvalue weighted by Gasteiger charge is -2.38. The van der Waals surface area contributed by atoms with Gasteiger partial charge in [0.1, 0.15) is 28.9 Å². The number of piperidine rings is 1. The number of nitrogens with zero attached hydrogens (tertiary/aromatic N) is 2. The molecule has 4 N–H and O–H groups in total. The summed E-state index contributed by atoms with van der Waals surface area (Å²) in [5, 5.41) is 2.51. The average Bonchev–Trinajstić information content (AvgIpc) is 3.00. The first kappa shape index (κ1) is 37.3. The van der Waals surface area contributed by atoms with Crippen LogP contribution in [0.5, 0.6) is 17.2 Å². The van der Waals surface area contributed by atoms with E-state index in [2.05, 4.69) is 14.9 Å². The fourth-order valence-electron chi connectivity index (χ4n) is 5.26. The number of primary amides is 1. The number of carbonyl (C=O) groups excluding carboxylic acids is 2. The zero-order valence-electron chi connectivity index (χ0n) is 26.4. The van der Waals surface area contributed by atoms with Gasteiger partial charge in [-0.3, -0.25) is 14.4 Å². The molecular formula is C32H40ClF2N5O6S. The Bertz CT molecular complexity index is 1650. The molecule has 1 fully saturated rings. The lowest BCUT2D eigenvalue weighted by atomic mass is 10.0. The topological polar surface area (TPSA) is 143 Å². The smallest absolute Gasteiger partial charge is 0.322 e. The fourth-order valence-corrected chi connectivity index (χ4v) is 5.83. The molecule has 0 aliphatic carbocycles. The molecule has 0 unspecified atom stereocenters. The number of carbonyl (C=O) groups is 2. The second-order valence-electron chi connectivity index (χ2n) is 11.1. The maximum absolute atomic E-state index is 14.4. The molecule has 0 saturated carbocycles. The number of hydrogen-bond acceptors (Lipinski definition) is 7. The van der Waals surface area contributed by atoms with Crippen LogP contribution in [-0.2, 0) is 16.6 Å². The third kappa shape index (κ3) is 10.4. The summed E-state index contributed by atoms with van der Waals surface area (Å²) < 4.78 is 65.2. The van der Waals surface area contributed by atoms with E-state index in [1.807, 2.05) is 31.2 Å². The third-order valence-electron chi connectivity index (χ3n) is 7.61. The first-order chi connectivity index (χ1) is 21.9. The predicted molar refractivity (Wildman–Crippen MR) is 179 cm³/mol. The van der Waals surface area contributed by atoms with Crippen LogP contribution in [0.25, 0.3) is 0 Å². The Morgan fingerprint density at radius 3 is 2.26 bits per heavy atom. The van der Waals surface area contributed by atoms with Gasteiger partial charge in [0.15, 0.2) is 0 Å². The quantitative estimate of drug-likeness (QED) is 0.200. The number of likely N-dealkylation sites (tertiary alicyclic amines) is 1. The largest absolute Gasteiger partial charge is 0.494 e. The number of benzene rings is 3. The molecule has 3 amide bonds. The molecule has 4 rings (SSSR count). The molecule has 1 saturated heterocycles. The van der Waals surface area contributed by atoms with E-state index in [1.165, 1.54) is 7.11 Å². The minimum Gasteiger partial charge on any atom is -0.494 e. The Morgan fingerprint density at radius 1 is 1.00 bits per heavy atom. The highest BCUT2D eigenvalue weighted by atomic mass is 35.5. The Morgan fingerprint density at radius 2 is 1.66 bits per heavy atom. The van der Waals surface area contributed by atoms with Crippen molar-refractivity contribution in [2.24, 2.45) is 5.73 Å². The van der Waals surface area contributed by atoms with Gasteiger partial charge in [-0.2, -0.15) is 0 Å². The summed E-state index contributed by atoms with van der Waals surface area (Å²) in [6.45, 7) is 4.67. The number of ether oxygens (including phenoxy) is 2. The van der Waals surface area contributed by atoms with Crippen LogP contribution in [0.15, 0.2) is 54.6 Å². The normalized spacial score (nSPS) is 13.7. The molecule has 1 heterocycles. The number of halogens is 3. The van der Waals surface area contributed by atoms with Crippen LogP contribution in [0.1, 0.15) is 48.5 Å². The number of amides is 3. The molecule has 47 heavy (non-hydrogen) atoms. The molecular weight excluding hydrogens is 656 g/mol. The summed E-state index contributed by atoms with van der Waals surface area (Å²) >= 11 is 0. The number of anilines is 2. The first-order valence-corrected chi connectivity index (χ1v) is 16.8. The van der Waals surface area contributed by atoms with Gasteiger partial charge in [-0.05, 0) is 55.2 Å². The minimum atomic E-state index is -3.46. The molecule has 256 valence electrons. The van der Waals surface area contributed by atoms with Crippen molar-refractivity contribution in [3.05, 3.63) is 77.4 Å². The van der Waals surface area contributed by atoms with Gasteiger partial charge >= 0.3 is 6.03 Å². The zero-order valence-corrected chi connectivity index (χ0v) is 28.1. The van der Waals surface area contributed by atoms with Crippen LogP contribution in [0, 0.1) is 11.6 Å². The predicted octanol–water partition coefficient (Wildman–Crippen LogP) is 5.96. The van der Waals surface area contributed by atoms with Gasteiger partial charge < -0.3 is 25.4 Å². The number of urea groups is 1. The van der Waals surface area contributed by atoms with E-state index in [9.17, 15) is 26.8 Å². The van der Waals surface area contributed by atoms with Gasteiger partial charge in [0.05, 0.1) is 30.3 Å². The zero-order chi connectivity index (χ0) is 33.4. The molecule has 0 radical (unpaired) electrons. The number of methoxy groups -OCH3 is 1. The van der Waals surface area contributed by atoms with Crippen LogP contribution in [0.3, 0.4) is 0 Å². The molecule has 11 nitrogen and oxygen atoms in total. The second kappa shape index (κ2) is 16.6. The van der Waals surface area contributed by atoms with E-state index in [0.717, 1.165) is 43.8 Å². The number of hydrogen-bond donors (Lipinski definition) is 3. The van der Waals surface area contributed by atoms with Crippen molar-refractivity contribution in [3.63, 3.8) is 0 Å². The van der Waals surface area contributed by atoms with Crippen molar-refractivity contribution in [1.29, 1.82) is 0 Å². The molecule has 15 heteroatoms. The second-order valence-corrected chi connectivity index (χ2v) is 12.9. The number of nitrogens with one attached hydrogen (secondary N) is 2. The Hall–Kier alpha value is -4.14. The lowest BCUT2D eigenvalue weighted by molar-refractivity contribution is 0.0996. The SMILES string of the molecule is CCCCN(C(=O)Nc1cc(C(N)=O)c(F)cc1F)C1CCN(Cc2ccc(Oc3ccc(NS(C)(=O)=O)c(OC)c3)cc2)CC1.Cl. The maximum atomic E-state index is 14.4. The highest BCUT2D eigenvalue weighted by Gasteiger charge is 2.28. The highest BCUT2D eigenvalue weighted by molar-refractivity contribution is 7.92. The summed E-state index contributed by atoms with van der Waals surface area (Å²) in [6.07, 6.45) is 4.10. The van der Waals surface area contributed by atoms with Crippen molar-refractivity contribution in [3.8, 4) is 17.2 Å². The average molecular weight is 696 g/mol. The van der Waals surface area contributed by atoms with Gasteiger partial charge in [0, 0.05) is 44.4 Å². The molecule has 1 aliphatic rings. The van der Waals surface area contributed by atoms with Crippen molar-refractivity contribution < 1.29 is 36.3 Å². The summed E-state index contributed by atoms with van der Waals surface area (Å²) in [5.41, 5.74) is 5.78. The van der Waals surface area contributed by atoms with E-state index < -0.39 is 39.2 Å². The summed E-state index contributed by atoms with van der Waals surface area (Å²) in [5.74, 6) is -1.71. The number of unbranched alkanes of at least 4 members (excludes halogenated alkanes) is 1. The van der Waals surface area contributed by atoms with Gasteiger partial charge in [-0.1, -0.05) is 25.5 Å². The molecule has 0 spiro atoms. The van der Waals surface area contributed by atoms with Crippen molar-refractivity contribution in [2.45, 2.75) is 45.2 Å². The van der Waals surface area contributed by atoms with Crippen LogP contribution < -0.4 is 25.2 Å². The van der Waals surface area contributed by atoms with E-state index in [0.29, 0.717) is 54.9 Å². The molecule has 3 aromatic rings. The molecule has 0 atom stereocenters. The van der Waals surface area contributed by atoms with E-state index in [4.69, 9.17) is 15.2 Å². The number of sulfonamides is 1. The number of rotatable bonds is 13. The fraction of sp³-hybridized carbons (Fsp3) is 0.375. The lowest BCUT2D eigenvalue weighted by Crippen LogP contribution is -2.49. The van der Waals surface area contributed by atoms with Crippen LogP contribution in [-0.4, -0.2) is 69.2 Å². The Balaban J connectivity index is 0.00000600. The van der Waals surface area contributed by atoms with Gasteiger partial charge in [0.2, 0.25) is 10.0 Å². The standard InChI is InChI=1S/C32H39F2N5O6S.ClH/c1-4-5-14-39(32(41)36-29-18-25(31(35)40)26(33)19-27(29)34)22-12-15-38(16-13-22)20-21-6-8-23(9-7-21)45-24-10-11-28(30(17-24)44-2)37-46(3,42)43;/h6-11,17-19,22,37H,4-5,12-16,20H2,1-3H3,(H2,35,40)(H,36,41);1H. The third-order valence-corrected chi connectivity index (χ3v) is 8.20. The Labute approximate surface area is 279 Å². The summed E-state index contributed by atoms with van der Waals surface area (Å²) in [7, 11) is -2.02. The molecule has 3 aromatic carbocycles. The molecule has 0 bridgehead atoms. The van der Waals surface area contributed by atoms with Gasteiger partial charge in [-0.15, -0.1) is 12.4 Å². The first-order valence-electron chi connectivity index (χ1n) is 14.9. The highest BCUT2D eigenvalue weighted by Crippen LogP contribution is 2.32. The molecule has 0 aromatic heterocycles.